The minimum atomic E-state index is -0.509. The molecule has 0 spiro atoms. The number of hydrogen-bond acceptors (Lipinski definition) is 5. The molecule has 0 atom stereocenters. The smallest absolute Gasteiger partial charge is 0.276 e. The first kappa shape index (κ1) is 23.1. The molecule has 3 aromatic carbocycles. The molecule has 32 heavy (non-hydrogen) atoms. The van der Waals surface area contributed by atoms with Crippen molar-refractivity contribution in [1.82, 2.24) is 10.9 Å². The van der Waals surface area contributed by atoms with Crippen LogP contribution in [0.2, 0.25) is 0 Å². The largest absolute Gasteiger partial charge is 0.493 e. The van der Waals surface area contributed by atoms with Gasteiger partial charge in [0.05, 0.1) is 18.2 Å². The van der Waals surface area contributed by atoms with E-state index in [1.807, 2.05) is 55.5 Å². The Morgan fingerprint density at radius 3 is 2.34 bits per heavy atom. The van der Waals surface area contributed by atoms with Crippen LogP contribution < -0.4 is 25.1 Å². The molecule has 3 rings (SSSR count). The highest BCUT2D eigenvalue weighted by molar-refractivity contribution is 9.10. The Labute approximate surface area is 194 Å². The molecular weight excluding hydrogens is 476 g/mol. The number of hydrogen-bond donors (Lipinski definition) is 2. The summed E-state index contributed by atoms with van der Waals surface area (Å²) in [5.41, 5.74) is 6.87. The van der Waals surface area contributed by atoms with Crippen molar-refractivity contribution < 1.29 is 23.8 Å². The molecule has 0 saturated heterocycles. The van der Waals surface area contributed by atoms with Crippen molar-refractivity contribution in [3.8, 4) is 28.4 Å². The van der Waals surface area contributed by atoms with E-state index in [1.54, 1.807) is 12.1 Å². The maximum Gasteiger partial charge on any atom is 0.276 e. The lowest BCUT2D eigenvalue weighted by Gasteiger charge is -2.14. The van der Waals surface area contributed by atoms with Gasteiger partial charge in [-0.3, -0.25) is 20.4 Å². The number of carbonyl (C=O) groups excluding carboxylic acids is 2. The normalized spacial score (nSPS) is 10.2. The SMILES string of the molecule is CCOc1c(Br)cc(C(=O)NNC(=O)COc2ccccc2-c2ccccc2)cc1OC. The topological polar surface area (TPSA) is 85.9 Å². The van der Waals surface area contributed by atoms with Crippen LogP contribution in [-0.2, 0) is 4.79 Å². The molecule has 2 N–H and O–H groups in total. The summed E-state index contributed by atoms with van der Waals surface area (Å²) in [4.78, 5) is 24.7. The van der Waals surface area contributed by atoms with E-state index in [1.165, 1.54) is 13.2 Å². The van der Waals surface area contributed by atoms with Gasteiger partial charge in [0.15, 0.2) is 18.1 Å². The van der Waals surface area contributed by atoms with Gasteiger partial charge in [0, 0.05) is 11.1 Å². The minimum Gasteiger partial charge on any atom is -0.493 e. The summed E-state index contributed by atoms with van der Waals surface area (Å²) >= 11 is 3.37. The summed E-state index contributed by atoms with van der Waals surface area (Å²) in [6, 6.07) is 20.3. The second kappa shape index (κ2) is 11.2. The van der Waals surface area contributed by atoms with Gasteiger partial charge in [-0.1, -0.05) is 48.5 Å². The Balaban J connectivity index is 1.59. The number of hydrazine groups is 1. The first-order valence-corrected chi connectivity index (χ1v) is 10.7. The van der Waals surface area contributed by atoms with Crippen LogP contribution >= 0.6 is 15.9 Å². The highest BCUT2D eigenvalue weighted by Gasteiger charge is 2.16. The van der Waals surface area contributed by atoms with Crippen molar-refractivity contribution in [3.05, 3.63) is 76.8 Å². The van der Waals surface area contributed by atoms with Gasteiger partial charge < -0.3 is 14.2 Å². The summed E-state index contributed by atoms with van der Waals surface area (Å²) in [5.74, 6) is 0.461. The Bertz CT molecular complexity index is 1090. The Kier molecular flexibility index (Phi) is 8.10. The number of benzene rings is 3. The van der Waals surface area contributed by atoms with E-state index >= 15 is 0 Å². The lowest BCUT2D eigenvalue weighted by atomic mass is 10.1. The molecule has 0 bridgehead atoms. The fourth-order valence-corrected chi connectivity index (χ4v) is 3.52. The molecule has 3 aromatic rings. The summed E-state index contributed by atoms with van der Waals surface area (Å²) in [7, 11) is 1.48. The van der Waals surface area contributed by atoms with Crippen molar-refractivity contribution in [2.45, 2.75) is 6.92 Å². The van der Waals surface area contributed by atoms with Crippen LogP contribution in [0.1, 0.15) is 17.3 Å². The fraction of sp³-hybridized carbons (Fsp3) is 0.167. The number of ether oxygens (including phenoxy) is 3. The van der Waals surface area contributed by atoms with E-state index in [4.69, 9.17) is 14.2 Å². The van der Waals surface area contributed by atoms with Crippen molar-refractivity contribution in [2.75, 3.05) is 20.3 Å². The number of methoxy groups -OCH3 is 1. The number of halogens is 1. The van der Waals surface area contributed by atoms with E-state index < -0.39 is 11.8 Å². The van der Waals surface area contributed by atoms with Gasteiger partial charge in [-0.25, -0.2) is 0 Å². The first-order chi connectivity index (χ1) is 15.5. The van der Waals surface area contributed by atoms with Gasteiger partial charge in [0.25, 0.3) is 11.8 Å². The van der Waals surface area contributed by atoms with Gasteiger partial charge >= 0.3 is 0 Å². The van der Waals surface area contributed by atoms with E-state index in [0.717, 1.165) is 11.1 Å². The molecule has 166 valence electrons. The zero-order chi connectivity index (χ0) is 22.9. The van der Waals surface area contributed by atoms with E-state index in [9.17, 15) is 9.59 Å². The molecule has 0 radical (unpaired) electrons. The van der Waals surface area contributed by atoms with Crippen molar-refractivity contribution >= 4 is 27.7 Å². The van der Waals surface area contributed by atoms with E-state index in [-0.39, 0.29) is 12.2 Å². The van der Waals surface area contributed by atoms with Crippen molar-refractivity contribution in [1.29, 1.82) is 0 Å². The van der Waals surface area contributed by atoms with Gasteiger partial charge in [-0.2, -0.15) is 0 Å². The Hall–Kier alpha value is -3.52. The summed E-state index contributed by atoms with van der Waals surface area (Å²) in [6.45, 7) is 2.03. The molecule has 0 aliphatic heterocycles. The van der Waals surface area contributed by atoms with Gasteiger partial charge in [0.1, 0.15) is 5.75 Å². The number of nitrogens with one attached hydrogen (secondary N) is 2. The predicted octanol–water partition coefficient (Wildman–Crippen LogP) is 4.36. The molecule has 0 aliphatic rings. The number of amides is 2. The molecule has 8 heteroatoms. The first-order valence-electron chi connectivity index (χ1n) is 9.90. The molecule has 0 fully saturated rings. The Morgan fingerprint density at radius 1 is 0.906 bits per heavy atom. The van der Waals surface area contributed by atoms with Crippen molar-refractivity contribution in [2.24, 2.45) is 0 Å². The summed E-state index contributed by atoms with van der Waals surface area (Å²) in [6.07, 6.45) is 0. The maximum atomic E-state index is 12.5. The van der Waals surface area contributed by atoms with E-state index in [0.29, 0.717) is 28.3 Å². The monoisotopic (exact) mass is 498 g/mol. The number of rotatable bonds is 8. The van der Waals surface area contributed by atoms with Gasteiger partial charge in [-0.05, 0) is 46.6 Å². The third-order valence-corrected chi connectivity index (χ3v) is 5.02. The lowest BCUT2D eigenvalue weighted by molar-refractivity contribution is -0.123. The quantitative estimate of drug-likeness (QED) is 0.450. The second-order valence-electron chi connectivity index (χ2n) is 6.58. The molecule has 0 heterocycles. The highest BCUT2D eigenvalue weighted by Crippen LogP contribution is 2.36. The maximum absolute atomic E-state index is 12.5. The molecule has 0 unspecified atom stereocenters. The van der Waals surface area contributed by atoms with Crippen LogP contribution in [0.15, 0.2) is 71.2 Å². The zero-order valence-electron chi connectivity index (χ0n) is 17.7. The van der Waals surface area contributed by atoms with E-state index in [2.05, 4.69) is 26.8 Å². The third kappa shape index (κ3) is 5.79. The molecular formula is C24H23BrN2O5. The molecule has 7 nitrogen and oxygen atoms in total. The highest BCUT2D eigenvalue weighted by atomic mass is 79.9. The minimum absolute atomic E-state index is 0.263. The summed E-state index contributed by atoms with van der Waals surface area (Å²) in [5, 5.41) is 0. The molecule has 0 aliphatic carbocycles. The number of para-hydroxylation sites is 1. The van der Waals surface area contributed by atoms with Gasteiger partial charge in [0.2, 0.25) is 0 Å². The number of carbonyl (C=O) groups is 2. The van der Waals surface area contributed by atoms with Crippen LogP contribution in [0.25, 0.3) is 11.1 Å². The van der Waals surface area contributed by atoms with Gasteiger partial charge in [-0.15, -0.1) is 0 Å². The average Bonchev–Trinajstić information content (AvgIpc) is 2.83. The molecule has 2 amide bonds. The standard InChI is InChI=1S/C24H23BrN2O5/c1-3-31-23-19(25)13-17(14-21(23)30-2)24(29)27-26-22(28)15-32-20-12-8-7-11-18(20)16-9-5-4-6-10-16/h4-14H,3,15H2,1-2H3,(H,26,28)(H,27,29). The van der Waals surface area contributed by atoms with Crippen LogP contribution in [0.3, 0.4) is 0 Å². The average molecular weight is 499 g/mol. The Morgan fingerprint density at radius 2 is 1.62 bits per heavy atom. The van der Waals surface area contributed by atoms with Crippen LogP contribution in [0.5, 0.6) is 17.2 Å². The lowest BCUT2D eigenvalue weighted by Crippen LogP contribution is -2.43. The van der Waals surface area contributed by atoms with Crippen LogP contribution in [0, 0.1) is 0 Å². The zero-order valence-corrected chi connectivity index (χ0v) is 19.3. The third-order valence-electron chi connectivity index (χ3n) is 4.43. The molecule has 0 saturated carbocycles. The fourth-order valence-electron chi connectivity index (χ4n) is 2.96. The second-order valence-corrected chi connectivity index (χ2v) is 7.43. The summed E-state index contributed by atoms with van der Waals surface area (Å²) < 4.78 is 17.1. The molecule has 0 aromatic heterocycles. The van der Waals surface area contributed by atoms with Crippen LogP contribution in [-0.4, -0.2) is 32.1 Å². The van der Waals surface area contributed by atoms with Crippen LogP contribution in [0.4, 0.5) is 0 Å². The van der Waals surface area contributed by atoms with Crippen molar-refractivity contribution in [3.63, 3.8) is 0 Å². The predicted molar refractivity (Wildman–Crippen MR) is 125 cm³/mol.